The molecule has 1 atom stereocenters. The Balaban J connectivity index is 1.85. The fraction of sp³-hybridized carbons (Fsp3) is 0.450. The van der Waals surface area contributed by atoms with Crippen LogP contribution in [0.15, 0.2) is 30.5 Å². The van der Waals surface area contributed by atoms with Gasteiger partial charge in [-0.25, -0.2) is 9.78 Å². The number of aromatic nitrogens is 1. The van der Waals surface area contributed by atoms with Crippen LogP contribution in [0.25, 0.3) is 0 Å². The summed E-state index contributed by atoms with van der Waals surface area (Å²) in [5.74, 6) is 0.604. The molecule has 28 heavy (non-hydrogen) atoms. The van der Waals surface area contributed by atoms with Gasteiger partial charge in [0.05, 0.1) is 0 Å². The van der Waals surface area contributed by atoms with Gasteiger partial charge in [-0.3, -0.25) is 10.1 Å². The van der Waals surface area contributed by atoms with Crippen molar-refractivity contribution in [2.24, 2.45) is 0 Å². The van der Waals surface area contributed by atoms with Crippen molar-refractivity contribution in [3.63, 3.8) is 0 Å². The fourth-order valence-electron chi connectivity index (χ4n) is 2.36. The van der Waals surface area contributed by atoms with Crippen molar-refractivity contribution in [1.29, 1.82) is 0 Å². The summed E-state index contributed by atoms with van der Waals surface area (Å²) in [6.45, 7) is 8.93. The van der Waals surface area contributed by atoms with Crippen LogP contribution >= 0.6 is 11.3 Å². The molecule has 7 nitrogen and oxygen atoms in total. The first-order chi connectivity index (χ1) is 13.1. The van der Waals surface area contributed by atoms with E-state index >= 15 is 0 Å². The highest BCUT2D eigenvalue weighted by Crippen LogP contribution is 2.28. The molecule has 1 aromatic heterocycles. The van der Waals surface area contributed by atoms with Gasteiger partial charge in [0.1, 0.15) is 11.4 Å². The molecule has 0 saturated carbocycles. The normalized spacial score (nSPS) is 12.2. The zero-order chi connectivity index (χ0) is 20.7. The van der Waals surface area contributed by atoms with E-state index in [1.807, 2.05) is 27.7 Å². The van der Waals surface area contributed by atoms with Crippen molar-refractivity contribution in [2.75, 3.05) is 5.32 Å². The topological polar surface area (TPSA) is 89.5 Å². The Morgan fingerprint density at radius 1 is 1.21 bits per heavy atom. The largest absolute Gasteiger partial charge is 0.444 e. The van der Waals surface area contributed by atoms with E-state index < -0.39 is 11.7 Å². The lowest BCUT2D eigenvalue weighted by Gasteiger charge is -2.19. The van der Waals surface area contributed by atoms with E-state index in [2.05, 4.69) is 15.6 Å². The number of amides is 2. The van der Waals surface area contributed by atoms with Gasteiger partial charge in [0, 0.05) is 29.7 Å². The molecule has 0 bridgehead atoms. The van der Waals surface area contributed by atoms with Gasteiger partial charge in [-0.1, -0.05) is 11.3 Å². The fourth-order valence-corrected chi connectivity index (χ4v) is 3.15. The van der Waals surface area contributed by atoms with E-state index in [9.17, 15) is 9.59 Å². The predicted octanol–water partition coefficient (Wildman–Crippen LogP) is 4.74. The van der Waals surface area contributed by atoms with Crippen LogP contribution in [-0.2, 0) is 16.0 Å². The van der Waals surface area contributed by atoms with Crippen LogP contribution < -0.4 is 15.4 Å². The number of rotatable bonds is 7. The zero-order valence-electron chi connectivity index (χ0n) is 16.9. The van der Waals surface area contributed by atoms with Crippen LogP contribution in [0.1, 0.15) is 45.9 Å². The molecule has 0 spiro atoms. The highest BCUT2D eigenvalue weighted by atomic mass is 32.1. The van der Waals surface area contributed by atoms with Crippen molar-refractivity contribution in [3.8, 4) is 10.9 Å². The Morgan fingerprint density at radius 3 is 2.50 bits per heavy atom. The molecule has 2 amide bonds. The average Bonchev–Trinajstić information content (AvgIpc) is 3.00. The molecule has 0 radical (unpaired) electrons. The second kappa shape index (κ2) is 9.54. The maximum atomic E-state index is 11.8. The molecular formula is C20H27N3O4S. The molecule has 1 heterocycles. The summed E-state index contributed by atoms with van der Waals surface area (Å²) >= 11 is 1.47. The Morgan fingerprint density at radius 2 is 1.89 bits per heavy atom. The van der Waals surface area contributed by atoms with Gasteiger partial charge in [0.2, 0.25) is 5.91 Å². The number of nitrogens with one attached hydrogen (secondary N) is 2. The lowest BCUT2D eigenvalue weighted by molar-refractivity contribution is -0.119. The minimum atomic E-state index is -0.546. The van der Waals surface area contributed by atoms with Crippen molar-refractivity contribution in [1.82, 2.24) is 10.3 Å². The number of nitrogens with zero attached hydrogens (tertiary/aromatic N) is 1. The Labute approximate surface area is 169 Å². The number of thiazole rings is 1. The van der Waals surface area contributed by atoms with E-state index in [4.69, 9.17) is 9.47 Å². The quantitative estimate of drug-likeness (QED) is 0.694. The maximum absolute atomic E-state index is 11.8. The van der Waals surface area contributed by atoms with Gasteiger partial charge in [0.25, 0.3) is 5.19 Å². The molecule has 0 aliphatic heterocycles. The third-order valence-electron chi connectivity index (χ3n) is 3.51. The summed E-state index contributed by atoms with van der Waals surface area (Å²) in [5, 5.41) is 6.09. The standard InChI is InChI=1S/C20H27N3O4S/c1-13(22-14(2)24)6-11-17-12-21-19(28-17)26-16-9-7-15(8-10-16)23-18(25)27-20(3,4)5/h7-10,12-13H,6,11H2,1-5H3,(H,22,24)(H,23,25). The van der Waals surface area contributed by atoms with E-state index in [-0.39, 0.29) is 11.9 Å². The monoisotopic (exact) mass is 405 g/mol. The highest BCUT2D eigenvalue weighted by Gasteiger charge is 2.16. The van der Waals surface area contributed by atoms with Crippen LogP contribution in [0, 0.1) is 0 Å². The van der Waals surface area contributed by atoms with Crippen LogP contribution in [0.3, 0.4) is 0 Å². The van der Waals surface area contributed by atoms with Crippen LogP contribution in [0.4, 0.5) is 10.5 Å². The Kier molecular flexibility index (Phi) is 7.39. The first-order valence-corrected chi connectivity index (χ1v) is 9.92. The molecule has 1 aromatic carbocycles. The average molecular weight is 406 g/mol. The van der Waals surface area contributed by atoms with Gasteiger partial charge in [-0.2, -0.15) is 0 Å². The van der Waals surface area contributed by atoms with E-state index in [1.165, 1.54) is 18.3 Å². The number of hydrogen-bond acceptors (Lipinski definition) is 6. The third-order valence-corrected chi connectivity index (χ3v) is 4.45. The summed E-state index contributed by atoms with van der Waals surface area (Å²) < 4.78 is 11.0. The number of benzene rings is 1. The van der Waals surface area contributed by atoms with Gasteiger partial charge in [-0.05, 0) is 64.8 Å². The molecule has 0 saturated heterocycles. The Bertz CT molecular complexity index is 797. The molecule has 2 aromatic rings. The minimum Gasteiger partial charge on any atom is -0.444 e. The molecule has 0 fully saturated rings. The molecule has 2 rings (SSSR count). The lowest BCUT2D eigenvalue weighted by atomic mass is 10.2. The van der Waals surface area contributed by atoms with Crippen molar-refractivity contribution in [2.45, 2.75) is 59.1 Å². The first kappa shape index (κ1) is 21.7. The van der Waals surface area contributed by atoms with Crippen molar-refractivity contribution >= 4 is 29.0 Å². The second-order valence-corrected chi connectivity index (χ2v) is 8.56. The number of carbonyl (C=O) groups excluding carboxylic acids is 2. The van der Waals surface area contributed by atoms with E-state index in [0.717, 1.165) is 17.7 Å². The first-order valence-electron chi connectivity index (χ1n) is 9.10. The maximum Gasteiger partial charge on any atom is 0.412 e. The lowest BCUT2D eigenvalue weighted by Crippen LogP contribution is -2.30. The number of carbonyl (C=O) groups is 2. The van der Waals surface area contributed by atoms with E-state index in [1.54, 1.807) is 30.5 Å². The number of hydrogen-bond donors (Lipinski definition) is 2. The highest BCUT2D eigenvalue weighted by molar-refractivity contribution is 7.13. The molecule has 1 unspecified atom stereocenters. The molecule has 0 aliphatic carbocycles. The summed E-state index contributed by atoms with van der Waals surface area (Å²) in [6.07, 6.45) is 2.95. The predicted molar refractivity (Wildman–Crippen MR) is 110 cm³/mol. The summed E-state index contributed by atoms with van der Waals surface area (Å²) in [6, 6.07) is 7.11. The molecule has 8 heteroatoms. The smallest absolute Gasteiger partial charge is 0.412 e. The van der Waals surface area contributed by atoms with Crippen LogP contribution in [-0.4, -0.2) is 28.6 Å². The Hall–Kier alpha value is -2.61. The van der Waals surface area contributed by atoms with E-state index in [0.29, 0.717) is 16.6 Å². The van der Waals surface area contributed by atoms with Crippen LogP contribution in [0.2, 0.25) is 0 Å². The second-order valence-electron chi connectivity index (χ2n) is 7.49. The van der Waals surface area contributed by atoms with Gasteiger partial charge in [0.15, 0.2) is 0 Å². The van der Waals surface area contributed by atoms with Crippen molar-refractivity contribution < 1.29 is 19.1 Å². The molecule has 0 aliphatic rings. The molecule has 2 N–H and O–H groups in total. The number of ether oxygens (including phenoxy) is 2. The van der Waals surface area contributed by atoms with Crippen molar-refractivity contribution in [3.05, 3.63) is 35.3 Å². The molecule has 152 valence electrons. The number of anilines is 1. The summed E-state index contributed by atoms with van der Waals surface area (Å²) in [4.78, 5) is 28.2. The van der Waals surface area contributed by atoms with Gasteiger partial charge in [-0.15, -0.1) is 0 Å². The zero-order valence-corrected chi connectivity index (χ0v) is 17.7. The van der Waals surface area contributed by atoms with Crippen LogP contribution in [0.5, 0.6) is 10.9 Å². The van der Waals surface area contributed by atoms with Gasteiger partial charge >= 0.3 is 6.09 Å². The summed E-state index contributed by atoms with van der Waals surface area (Å²) in [7, 11) is 0. The minimum absolute atomic E-state index is 0.0227. The SMILES string of the molecule is CC(=O)NC(C)CCc1cnc(Oc2ccc(NC(=O)OC(C)(C)C)cc2)s1. The molecular weight excluding hydrogens is 378 g/mol. The number of aryl methyl sites for hydroxylation is 1. The third kappa shape index (κ3) is 7.96. The summed E-state index contributed by atoms with van der Waals surface area (Å²) in [5.41, 5.74) is 0.0729. The van der Waals surface area contributed by atoms with Gasteiger partial charge < -0.3 is 14.8 Å².